The molecule has 0 aliphatic carbocycles. The zero-order valence-electron chi connectivity index (χ0n) is 14.7. The Kier molecular flexibility index (Phi) is 8.30. The van der Waals surface area contributed by atoms with Crippen molar-refractivity contribution in [2.24, 2.45) is 4.99 Å². The number of hydrogen-bond donors (Lipinski definition) is 1. The van der Waals surface area contributed by atoms with Crippen molar-refractivity contribution >= 4 is 11.9 Å². The maximum Gasteiger partial charge on any atom is 0.401 e. The lowest BCUT2D eigenvalue weighted by atomic mass is 10.3. The molecule has 24 heavy (non-hydrogen) atoms. The van der Waals surface area contributed by atoms with Crippen LogP contribution < -0.4 is 5.32 Å². The number of alkyl halides is 3. The Morgan fingerprint density at radius 1 is 1.21 bits per heavy atom. The van der Waals surface area contributed by atoms with Gasteiger partial charge < -0.3 is 15.1 Å². The molecule has 1 amide bonds. The molecular weight excluding hydrogens is 323 g/mol. The van der Waals surface area contributed by atoms with E-state index >= 15 is 0 Å². The first-order chi connectivity index (χ1) is 11.2. The molecule has 0 aromatic heterocycles. The minimum absolute atomic E-state index is 0.0734. The molecule has 1 N–H and O–H groups in total. The molecule has 0 bridgehead atoms. The summed E-state index contributed by atoms with van der Waals surface area (Å²) < 4.78 is 36.8. The number of nitrogens with one attached hydrogen (secondary N) is 1. The SMILES string of the molecule is CCNC(=NCCCN(C)CC(F)(F)F)N1CCN(C(C)=O)CC1. The van der Waals surface area contributed by atoms with Crippen molar-refractivity contribution in [1.29, 1.82) is 0 Å². The van der Waals surface area contributed by atoms with E-state index in [1.165, 1.54) is 11.9 Å². The number of aliphatic imine (C=N–C) groups is 1. The number of piperazine rings is 1. The van der Waals surface area contributed by atoms with Gasteiger partial charge in [-0.05, 0) is 26.9 Å². The summed E-state index contributed by atoms with van der Waals surface area (Å²) in [6.07, 6.45) is -3.60. The summed E-state index contributed by atoms with van der Waals surface area (Å²) in [6.45, 7) is 6.91. The maximum absolute atomic E-state index is 12.3. The molecule has 1 fully saturated rings. The van der Waals surface area contributed by atoms with Crippen LogP contribution in [0.2, 0.25) is 0 Å². The summed E-state index contributed by atoms with van der Waals surface area (Å²) in [7, 11) is 1.46. The second-order valence-corrected chi connectivity index (χ2v) is 5.94. The first-order valence-electron chi connectivity index (χ1n) is 8.27. The third kappa shape index (κ3) is 7.85. The molecule has 9 heteroatoms. The van der Waals surface area contributed by atoms with Crippen molar-refractivity contribution < 1.29 is 18.0 Å². The van der Waals surface area contributed by atoms with Gasteiger partial charge >= 0.3 is 6.18 Å². The predicted molar refractivity (Wildman–Crippen MR) is 88.0 cm³/mol. The molecule has 140 valence electrons. The van der Waals surface area contributed by atoms with Crippen LogP contribution in [0.4, 0.5) is 13.2 Å². The standard InChI is InChI=1S/C15H28F3N5O/c1-4-19-14(23-10-8-22(9-11-23)13(2)24)20-6-5-7-21(3)12-15(16,17)18/h4-12H2,1-3H3,(H,19,20). The molecule has 1 heterocycles. The summed E-state index contributed by atoms with van der Waals surface area (Å²) in [4.78, 5) is 21.0. The lowest BCUT2D eigenvalue weighted by Crippen LogP contribution is -2.53. The lowest BCUT2D eigenvalue weighted by Gasteiger charge is -2.36. The fourth-order valence-electron chi connectivity index (χ4n) is 2.57. The van der Waals surface area contributed by atoms with E-state index in [0.29, 0.717) is 45.7 Å². The summed E-state index contributed by atoms with van der Waals surface area (Å²) in [5, 5.41) is 3.20. The Bertz CT molecular complexity index is 420. The van der Waals surface area contributed by atoms with Gasteiger partial charge in [0, 0.05) is 46.2 Å². The fourth-order valence-corrected chi connectivity index (χ4v) is 2.57. The third-order valence-corrected chi connectivity index (χ3v) is 3.77. The first-order valence-corrected chi connectivity index (χ1v) is 8.27. The summed E-state index contributed by atoms with van der Waals surface area (Å²) in [5.74, 6) is 0.837. The minimum Gasteiger partial charge on any atom is -0.357 e. The Hall–Kier alpha value is -1.51. The molecule has 6 nitrogen and oxygen atoms in total. The van der Waals surface area contributed by atoms with Crippen LogP contribution in [0.1, 0.15) is 20.3 Å². The van der Waals surface area contributed by atoms with Crippen LogP contribution in [-0.4, -0.2) is 92.1 Å². The summed E-state index contributed by atoms with van der Waals surface area (Å²) in [5.41, 5.74) is 0. The van der Waals surface area contributed by atoms with Crippen LogP contribution in [0.25, 0.3) is 0 Å². The Balaban J connectivity index is 2.42. The molecule has 0 atom stereocenters. The van der Waals surface area contributed by atoms with Gasteiger partial charge in [-0.15, -0.1) is 0 Å². The van der Waals surface area contributed by atoms with Crippen molar-refractivity contribution in [3.8, 4) is 0 Å². The van der Waals surface area contributed by atoms with Crippen molar-refractivity contribution in [3.63, 3.8) is 0 Å². The molecule has 0 saturated carbocycles. The van der Waals surface area contributed by atoms with Crippen molar-refractivity contribution in [2.45, 2.75) is 26.4 Å². The number of hydrogen-bond acceptors (Lipinski definition) is 3. The molecule has 1 aliphatic heterocycles. The molecule has 0 aromatic carbocycles. The van der Waals surface area contributed by atoms with Crippen LogP contribution in [0, 0.1) is 0 Å². The van der Waals surface area contributed by atoms with Gasteiger partial charge in [-0.1, -0.05) is 0 Å². The van der Waals surface area contributed by atoms with E-state index in [1.54, 1.807) is 11.8 Å². The van der Waals surface area contributed by atoms with Crippen LogP contribution in [-0.2, 0) is 4.79 Å². The molecule has 1 aliphatic rings. The molecule has 1 saturated heterocycles. The first kappa shape index (κ1) is 20.5. The number of carbonyl (C=O) groups excluding carboxylic acids is 1. The number of rotatable bonds is 6. The van der Waals surface area contributed by atoms with E-state index in [2.05, 4.69) is 15.2 Å². The van der Waals surface area contributed by atoms with Gasteiger partial charge in [0.05, 0.1) is 6.54 Å². The highest BCUT2D eigenvalue weighted by Crippen LogP contribution is 2.15. The van der Waals surface area contributed by atoms with E-state index in [1.807, 2.05) is 6.92 Å². The zero-order valence-corrected chi connectivity index (χ0v) is 14.7. The zero-order chi connectivity index (χ0) is 18.2. The van der Waals surface area contributed by atoms with Crippen LogP contribution in [0.3, 0.4) is 0 Å². The number of amides is 1. The number of halogens is 3. The lowest BCUT2D eigenvalue weighted by molar-refractivity contribution is -0.143. The highest BCUT2D eigenvalue weighted by Gasteiger charge is 2.28. The van der Waals surface area contributed by atoms with Gasteiger partial charge in [-0.25, -0.2) is 0 Å². The monoisotopic (exact) mass is 351 g/mol. The van der Waals surface area contributed by atoms with Gasteiger partial charge in [-0.2, -0.15) is 13.2 Å². The van der Waals surface area contributed by atoms with Gasteiger partial charge in [0.15, 0.2) is 5.96 Å². The Morgan fingerprint density at radius 2 is 1.79 bits per heavy atom. The minimum atomic E-state index is -4.16. The van der Waals surface area contributed by atoms with E-state index in [0.717, 1.165) is 12.5 Å². The van der Waals surface area contributed by atoms with Crippen LogP contribution in [0.15, 0.2) is 4.99 Å². The van der Waals surface area contributed by atoms with E-state index < -0.39 is 12.7 Å². The van der Waals surface area contributed by atoms with E-state index in [4.69, 9.17) is 0 Å². The van der Waals surface area contributed by atoms with E-state index in [-0.39, 0.29) is 5.91 Å². The fraction of sp³-hybridized carbons (Fsp3) is 0.867. The van der Waals surface area contributed by atoms with Crippen molar-refractivity contribution in [2.75, 3.05) is 59.4 Å². The summed E-state index contributed by atoms with van der Waals surface area (Å²) in [6, 6.07) is 0. The average Bonchev–Trinajstić information content (AvgIpc) is 2.48. The summed E-state index contributed by atoms with van der Waals surface area (Å²) >= 11 is 0. The number of carbonyl (C=O) groups is 1. The average molecular weight is 351 g/mol. The van der Waals surface area contributed by atoms with Crippen molar-refractivity contribution in [3.05, 3.63) is 0 Å². The molecule has 0 aromatic rings. The van der Waals surface area contributed by atoms with Gasteiger partial charge in [0.2, 0.25) is 5.91 Å². The largest absolute Gasteiger partial charge is 0.401 e. The highest BCUT2D eigenvalue weighted by atomic mass is 19.4. The second kappa shape index (κ2) is 9.71. The topological polar surface area (TPSA) is 51.2 Å². The predicted octanol–water partition coefficient (Wildman–Crippen LogP) is 1.00. The van der Waals surface area contributed by atoms with Crippen LogP contribution >= 0.6 is 0 Å². The third-order valence-electron chi connectivity index (χ3n) is 3.77. The Morgan fingerprint density at radius 3 is 2.29 bits per heavy atom. The number of guanidine groups is 1. The quantitative estimate of drug-likeness (QED) is 0.441. The van der Waals surface area contributed by atoms with Gasteiger partial charge in [-0.3, -0.25) is 14.7 Å². The molecule has 0 spiro atoms. The van der Waals surface area contributed by atoms with E-state index in [9.17, 15) is 18.0 Å². The maximum atomic E-state index is 12.3. The molecular formula is C15H28F3N5O. The van der Waals surface area contributed by atoms with Crippen molar-refractivity contribution in [1.82, 2.24) is 20.0 Å². The normalized spacial score (nSPS) is 16.7. The smallest absolute Gasteiger partial charge is 0.357 e. The van der Waals surface area contributed by atoms with Gasteiger partial charge in [0.1, 0.15) is 0 Å². The van der Waals surface area contributed by atoms with Gasteiger partial charge in [0.25, 0.3) is 0 Å². The Labute approximate surface area is 141 Å². The van der Waals surface area contributed by atoms with Crippen LogP contribution in [0.5, 0.6) is 0 Å². The highest BCUT2D eigenvalue weighted by molar-refractivity contribution is 5.80. The molecule has 1 rings (SSSR count). The number of nitrogens with zero attached hydrogens (tertiary/aromatic N) is 4. The second-order valence-electron chi connectivity index (χ2n) is 5.94. The molecule has 0 unspecified atom stereocenters. The molecule has 0 radical (unpaired) electrons.